The van der Waals surface area contributed by atoms with Gasteiger partial charge in [-0.1, -0.05) is 20.4 Å². The molecule has 1 unspecified atom stereocenters. The summed E-state index contributed by atoms with van der Waals surface area (Å²) in [7, 11) is 0. The predicted molar refractivity (Wildman–Crippen MR) is 85.5 cm³/mol. The van der Waals surface area contributed by atoms with Crippen LogP contribution in [0.3, 0.4) is 0 Å². The summed E-state index contributed by atoms with van der Waals surface area (Å²) in [5.41, 5.74) is 1.43. The molecule has 0 aromatic heterocycles. The van der Waals surface area contributed by atoms with Gasteiger partial charge in [-0.3, -0.25) is 0 Å². The van der Waals surface area contributed by atoms with Crippen LogP contribution in [0.15, 0.2) is 12.2 Å². The fourth-order valence-electron chi connectivity index (χ4n) is 8.47. The van der Waals surface area contributed by atoms with E-state index in [0.29, 0.717) is 23.9 Å². The van der Waals surface area contributed by atoms with Gasteiger partial charge in [0.25, 0.3) is 0 Å². The molecule has 0 aromatic rings. The van der Waals surface area contributed by atoms with Gasteiger partial charge in [0.2, 0.25) is 0 Å². The summed E-state index contributed by atoms with van der Waals surface area (Å²) in [6, 6.07) is 0. The van der Waals surface area contributed by atoms with Crippen LogP contribution in [0.25, 0.3) is 0 Å². The van der Waals surface area contributed by atoms with Crippen LogP contribution in [0.4, 0.5) is 0 Å². The summed E-state index contributed by atoms with van der Waals surface area (Å²) in [6.07, 6.45) is 7.23. The van der Waals surface area contributed by atoms with Gasteiger partial charge in [-0.25, -0.2) is 0 Å². The van der Waals surface area contributed by atoms with E-state index < -0.39 is 0 Å². The van der Waals surface area contributed by atoms with Crippen molar-refractivity contribution in [1.82, 2.24) is 0 Å². The molecule has 4 aliphatic heterocycles. The molecule has 4 saturated carbocycles. The van der Waals surface area contributed by atoms with Crippen LogP contribution in [0, 0.1) is 34.0 Å². The van der Waals surface area contributed by atoms with Gasteiger partial charge in [-0.15, -0.1) is 0 Å². The van der Waals surface area contributed by atoms with Gasteiger partial charge in [0.05, 0.1) is 18.3 Å². The zero-order valence-corrected chi connectivity index (χ0v) is 14.3. The number of hydrogen-bond acceptors (Lipinski definition) is 3. The first-order valence-electron chi connectivity index (χ1n) is 9.60. The zero-order chi connectivity index (χ0) is 15.8. The van der Waals surface area contributed by atoms with Gasteiger partial charge in [0.15, 0.2) is 6.29 Å². The minimum atomic E-state index is -0.357. The largest absolute Gasteiger partial charge is 0.388 e. The maximum Gasteiger partial charge on any atom is 0.164 e. The highest BCUT2D eigenvalue weighted by Crippen LogP contribution is 2.78. The van der Waals surface area contributed by atoms with Crippen LogP contribution in [-0.4, -0.2) is 29.7 Å². The maximum absolute atomic E-state index is 11.2. The van der Waals surface area contributed by atoms with Gasteiger partial charge < -0.3 is 14.6 Å². The molecular formula is C20H28O3. The predicted octanol–water partition coefficient (Wildman–Crippen LogP) is 3.27. The lowest BCUT2D eigenvalue weighted by Crippen LogP contribution is -2.79. The first-order valence-corrected chi connectivity index (χ1v) is 9.60. The number of aliphatic hydroxyl groups is 1. The van der Waals surface area contributed by atoms with E-state index in [4.69, 9.17) is 9.47 Å². The molecule has 4 aliphatic carbocycles. The average molecular weight is 316 g/mol. The van der Waals surface area contributed by atoms with Crippen LogP contribution in [0.1, 0.15) is 52.4 Å². The molecule has 4 saturated heterocycles. The van der Waals surface area contributed by atoms with Crippen LogP contribution < -0.4 is 0 Å². The van der Waals surface area contributed by atoms with Crippen LogP contribution in [0.2, 0.25) is 0 Å². The molecule has 2 spiro atoms. The highest BCUT2D eigenvalue weighted by molar-refractivity contribution is 5.32. The van der Waals surface area contributed by atoms with E-state index in [-0.39, 0.29) is 34.7 Å². The Hall–Kier alpha value is -0.380. The molecule has 0 aromatic carbocycles. The van der Waals surface area contributed by atoms with Crippen LogP contribution >= 0.6 is 0 Å². The van der Waals surface area contributed by atoms with Gasteiger partial charge in [-0.2, -0.15) is 0 Å². The molecule has 7 bridgehead atoms. The highest BCUT2D eigenvalue weighted by atomic mass is 16.7. The summed E-state index contributed by atoms with van der Waals surface area (Å²) in [5.74, 6) is 1.77. The first-order chi connectivity index (χ1) is 10.9. The Morgan fingerprint density at radius 3 is 2.65 bits per heavy atom. The maximum atomic E-state index is 11.2. The van der Waals surface area contributed by atoms with Crippen LogP contribution in [-0.2, 0) is 9.47 Å². The molecule has 4 heterocycles. The number of hydrogen-bond donors (Lipinski definition) is 1. The van der Waals surface area contributed by atoms with Crippen molar-refractivity contribution in [1.29, 1.82) is 0 Å². The van der Waals surface area contributed by atoms with Crippen molar-refractivity contribution in [2.45, 2.75) is 77.0 Å². The molecule has 0 amide bonds. The molecule has 0 radical (unpaired) electrons. The van der Waals surface area contributed by atoms with E-state index in [1.54, 1.807) is 0 Å². The molecule has 126 valence electrons. The van der Waals surface area contributed by atoms with Gasteiger partial charge >= 0.3 is 0 Å². The lowest BCUT2D eigenvalue weighted by atomic mass is 9.36. The van der Waals surface area contributed by atoms with Crippen molar-refractivity contribution in [2.75, 3.05) is 0 Å². The third-order valence-electron chi connectivity index (χ3n) is 9.37. The SMILES string of the molecule is C=C1[C@@H]2CC[C@H]3[C@]45CC[C@H]6OC4O[C@H](C[C@@H]5C6(C)C)[C@]3(C2)[C@@H]1O. The standard InChI is InChI=1S/C20H28O3/c1-10-11-4-5-12-19-7-6-14-18(2,3)13(19)8-15(23-17(19)22-14)20(12,9-11)16(10)21/h11-17,21H,1,4-9H2,2-3H3/t11-,12+,13-,14-,15-,16-,17?,19+,20-/m1/s1. The third-order valence-corrected chi connectivity index (χ3v) is 9.37. The molecule has 3 nitrogen and oxygen atoms in total. The van der Waals surface area contributed by atoms with E-state index in [0.717, 1.165) is 18.4 Å². The summed E-state index contributed by atoms with van der Waals surface area (Å²) in [6.45, 7) is 9.11. The number of fused-ring (bicyclic) bond motifs is 2. The second-order valence-corrected chi connectivity index (χ2v) is 9.96. The van der Waals surface area contributed by atoms with Gasteiger partial charge in [-0.05, 0) is 67.3 Å². The second kappa shape index (κ2) is 3.73. The van der Waals surface area contributed by atoms with Crippen molar-refractivity contribution in [3.05, 3.63) is 12.2 Å². The normalized spacial score (nSPS) is 64.1. The molecule has 8 aliphatic rings. The molecule has 9 atom stereocenters. The second-order valence-electron chi connectivity index (χ2n) is 9.96. The van der Waals surface area contributed by atoms with E-state index >= 15 is 0 Å². The Bertz CT molecular complexity index is 612. The smallest absolute Gasteiger partial charge is 0.164 e. The molecular weight excluding hydrogens is 288 g/mol. The Morgan fingerprint density at radius 2 is 1.83 bits per heavy atom. The molecule has 1 N–H and O–H groups in total. The Balaban J connectivity index is 1.57. The van der Waals surface area contributed by atoms with Crippen LogP contribution in [0.5, 0.6) is 0 Å². The number of rotatable bonds is 0. The fourth-order valence-corrected chi connectivity index (χ4v) is 8.47. The summed E-state index contributed by atoms with van der Waals surface area (Å²) in [5, 5.41) is 11.2. The third kappa shape index (κ3) is 1.19. The van der Waals surface area contributed by atoms with E-state index in [1.165, 1.54) is 25.7 Å². The van der Waals surface area contributed by atoms with Crippen molar-refractivity contribution in [2.24, 2.45) is 34.0 Å². The van der Waals surface area contributed by atoms with Gasteiger partial charge in [0, 0.05) is 10.8 Å². The summed E-state index contributed by atoms with van der Waals surface area (Å²) >= 11 is 0. The Kier molecular flexibility index (Phi) is 2.25. The van der Waals surface area contributed by atoms with E-state index in [1.807, 2.05) is 0 Å². The van der Waals surface area contributed by atoms with Crippen molar-refractivity contribution in [3.63, 3.8) is 0 Å². The minimum absolute atomic E-state index is 0.00809. The topological polar surface area (TPSA) is 38.7 Å². The lowest BCUT2D eigenvalue weighted by Gasteiger charge is -2.76. The Morgan fingerprint density at radius 1 is 1.04 bits per heavy atom. The van der Waals surface area contributed by atoms with Crippen molar-refractivity contribution in [3.8, 4) is 0 Å². The van der Waals surface area contributed by atoms with Crippen molar-refractivity contribution < 1.29 is 14.6 Å². The number of ether oxygens (including phenoxy) is 2. The van der Waals surface area contributed by atoms with E-state index in [2.05, 4.69) is 20.4 Å². The summed E-state index contributed by atoms with van der Waals surface area (Å²) in [4.78, 5) is 0. The highest BCUT2D eigenvalue weighted by Gasteiger charge is 2.79. The molecule has 8 rings (SSSR count). The average Bonchev–Trinajstić information content (AvgIpc) is 2.73. The van der Waals surface area contributed by atoms with Crippen molar-refractivity contribution >= 4 is 0 Å². The fraction of sp³-hybridized carbons (Fsp3) is 0.900. The van der Waals surface area contributed by atoms with E-state index in [9.17, 15) is 5.11 Å². The molecule has 8 fully saturated rings. The quantitative estimate of drug-likeness (QED) is 0.697. The zero-order valence-electron chi connectivity index (χ0n) is 14.3. The first kappa shape index (κ1) is 13.9. The molecule has 23 heavy (non-hydrogen) atoms. The monoisotopic (exact) mass is 316 g/mol. The summed E-state index contributed by atoms with van der Waals surface area (Å²) < 4.78 is 13.0. The lowest BCUT2D eigenvalue weighted by molar-refractivity contribution is -0.452. The molecule has 3 heteroatoms. The Labute approximate surface area is 138 Å². The minimum Gasteiger partial charge on any atom is -0.388 e. The number of aliphatic hydroxyl groups excluding tert-OH is 1. The van der Waals surface area contributed by atoms with Gasteiger partial charge in [0.1, 0.15) is 0 Å².